The molecule has 0 saturated carbocycles. The van der Waals surface area contributed by atoms with Crippen molar-refractivity contribution in [3.05, 3.63) is 71.8 Å². The van der Waals surface area contributed by atoms with E-state index in [1.165, 1.54) is 11.1 Å². The minimum absolute atomic E-state index is 0. The molecule has 2 aromatic carbocycles. The Kier molecular flexibility index (Phi) is 5.15. The highest BCUT2D eigenvalue weighted by Gasteiger charge is 1.84. The van der Waals surface area contributed by atoms with Gasteiger partial charge in [-0.3, -0.25) is 0 Å². The van der Waals surface area contributed by atoms with E-state index in [9.17, 15) is 0 Å². The Balaban J connectivity index is 0.00000112. The summed E-state index contributed by atoms with van der Waals surface area (Å²) in [5.74, 6) is 0. The first-order valence-corrected chi connectivity index (χ1v) is 4.73. The molecule has 1 heteroatoms. The predicted molar refractivity (Wildman–Crippen MR) is 67.6 cm³/mol. The van der Waals surface area contributed by atoms with E-state index in [-0.39, 0.29) is 23.1 Å². The Hall–Kier alpha value is -1.05. The van der Waals surface area contributed by atoms with Gasteiger partial charge in [0.2, 0.25) is 0 Å². The van der Waals surface area contributed by atoms with Crippen LogP contribution >= 0.6 is 0 Å². The average Bonchev–Trinajstić information content (AvgIpc) is 2.29. The molecule has 0 aliphatic rings. The van der Waals surface area contributed by atoms with E-state index in [0.29, 0.717) is 0 Å². The summed E-state index contributed by atoms with van der Waals surface area (Å²) in [5.41, 5.74) is 2.47. The largest absolute Gasteiger partial charge is 0.0622 e. The first kappa shape index (κ1) is 12.0. The predicted octanol–water partition coefficient (Wildman–Crippen LogP) is 3.48. The van der Waals surface area contributed by atoms with Crippen LogP contribution in [0, 0.1) is 0 Å². The second-order valence-corrected chi connectivity index (χ2v) is 3.15. The van der Waals surface area contributed by atoms with E-state index < -0.39 is 0 Å². The molecule has 0 unspecified atom stereocenters. The molecule has 2 radical (unpaired) electrons. The molecule has 0 aliphatic carbocycles. The summed E-state index contributed by atoms with van der Waals surface area (Å²) in [4.78, 5) is 0. The summed E-state index contributed by atoms with van der Waals surface area (Å²) in [6.45, 7) is 0. The van der Waals surface area contributed by atoms with Gasteiger partial charge in [-0.15, -0.1) is 0 Å². The lowest BCUT2D eigenvalue weighted by atomic mass is 10.1. The lowest BCUT2D eigenvalue weighted by Crippen LogP contribution is -1.70. The van der Waals surface area contributed by atoms with Gasteiger partial charge in [0.1, 0.15) is 0 Å². The van der Waals surface area contributed by atoms with Gasteiger partial charge in [-0.1, -0.05) is 72.8 Å². The Morgan fingerprint density at radius 1 is 0.533 bits per heavy atom. The van der Waals surface area contributed by atoms with Crippen molar-refractivity contribution < 1.29 is 0 Å². The quantitative estimate of drug-likeness (QED) is 0.519. The molecule has 0 spiro atoms. The van der Waals surface area contributed by atoms with Crippen LogP contribution in [0.1, 0.15) is 11.1 Å². The zero-order chi connectivity index (χ0) is 9.64. The lowest BCUT2D eigenvalue weighted by Gasteiger charge is -1.92. The highest BCUT2D eigenvalue weighted by Crippen LogP contribution is 2.06. The van der Waals surface area contributed by atoms with Gasteiger partial charge in [-0.2, -0.15) is 0 Å². The molecule has 0 nitrogen and oxygen atoms in total. The second kappa shape index (κ2) is 6.43. The fraction of sp³-hybridized carbons (Fsp3) is 0. The van der Waals surface area contributed by atoms with E-state index in [0.717, 1.165) is 0 Å². The smallest absolute Gasteiger partial charge is 0 e. The van der Waals surface area contributed by atoms with Gasteiger partial charge in [0, 0.05) is 23.1 Å². The van der Waals surface area contributed by atoms with Crippen LogP contribution in [0.5, 0.6) is 0 Å². The molecular formula is C14H12Mg. The SMILES string of the molecule is C(=Cc1ccccc1)c1ccccc1.[Mg]. The molecule has 0 atom stereocenters. The van der Waals surface area contributed by atoms with Crippen molar-refractivity contribution in [1.29, 1.82) is 0 Å². The van der Waals surface area contributed by atoms with Gasteiger partial charge in [0.05, 0.1) is 0 Å². The Morgan fingerprint density at radius 3 is 1.20 bits per heavy atom. The van der Waals surface area contributed by atoms with Crippen LogP contribution in [-0.4, -0.2) is 23.1 Å². The van der Waals surface area contributed by atoms with Crippen molar-refractivity contribution in [3.8, 4) is 0 Å². The molecule has 0 aliphatic heterocycles. The van der Waals surface area contributed by atoms with Crippen molar-refractivity contribution in [2.24, 2.45) is 0 Å². The van der Waals surface area contributed by atoms with Crippen LogP contribution < -0.4 is 0 Å². The van der Waals surface area contributed by atoms with E-state index >= 15 is 0 Å². The number of hydrogen-bond donors (Lipinski definition) is 0. The summed E-state index contributed by atoms with van der Waals surface area (Å²) in [6, 6.07) is 20.6. The van der Waals surface area contributed by atoms with Gasteiger partial charge in [0.25, 0.3) is 0 Å². The maximum absolute atomic E-state index is 2.12. The number of benzene rings is 2. The summed E-state index contributed by atoms with van der Waals surface area (Å²) in [5, 5.41) is 0. The molecule has 70 valence electrons. The third kappa shape index (κ3) is 3.90. The molecule has 0 saturated heterocycles. The van der Waals surface area contributed by atoms with Crippen molar-refractivity contribution >= 4 is 35.2 Å². The molecule has 15 heavy (non-hydrogen) atoms. The zero-order valence-corrected chi connectivity index (χ0v) is 10.0. The average molecular weight is 205 g/mol. The Bertz CT molecular complexity index is 362. The summed E-state index contributed by atoms with van der Waals surface area (Å²) in [7, 11) is 0. The van der Waals surface area contributed by atoms with Gasteiger partial charge < -0.3 is 0 Å². The van der Waals surface area contributed by atoms with Crippen molar-refractivity contribution in [3.63, 3.8) is 0 Å². The first-order valence-electron chi connectivity index (χ1n) is 4.73. The normalized spacial score (nSPS) is 9.87. The van der Waals surface area contributed by atoms with E-state index in [2.05, 4.69) is 36.4 Å². The Morgan fingerprint density at radius 2 is 0.867 bits per heavy atom. The highest BCUT2D eigenvalue weighted by atomic mass is 24.3. The third-order valence-electron chi connectivity index (χ3n) is 2.07. The van der Waals surface area contributed by atoms with Crippen molar-refractivity contribution in [2.75, 3.05) is 0 Å². The summed E-state index contributed by atoms with van der Waals surface area (Å²) in [6.07, 6.45) is 4.24. The van der Waals surface area contributed by atoms with Gasteiger partial charge in [-0.05, 0) is 11.1 Å². The molecular weight excluding hydrogens is 192 g/mol. The van der Waals surface area contributed by atoms with Crippen LogP contribution in [0.25, 0.3) is 12.2 Å². The zero-order valence-electron chi connectivity index (χ0n) is 8.64. The summed E-state index contributed by atoms with van der Waals surface area (Å²) >= 11 is 0. The van der Waals surface area contributed by atoms with E-state index in [4.69, 9.17) is 0 Å². The second-order valence-electron chi connectivity index (χ2n) is 3.15. The van der Waals surface area contributed by atoms with Gasteiger partial charge in [0.15, 0.2) is 0 Å². The molecule has 2 aromatic rings. The van der Waals surface area contributed by atoms with Crippen LogP contribution in [-0.2, 0) is 0 Å². The maximum Gasteiger partial charge on any atom is 0 e. The van der Waals surface area contributed by atoms with Crippen molar-refractivity contribution in [2.45, 2.75) is 0 Å². The number of rotatable bonds is 2. The topological polar surface area (TPSA) is 0 Å². The van der Waals surface area contributed by atoms with Crippen molar-refractivity contribution in [1.82, 2.24) is 0 Å². The van der Waals surface area contributed by atoms with E-state index in [1.54, 1.807) is 0 Å². The fourth-order valence-corrected chi connectivity index (χ4v) is 1.32. The monoisotopic (exact) mass is 204 g/mol. The molecule has 0 heterocycles. The van der Waals surface area contributed by atoms with Gasteiger partial charge in [-0.25, -0.2) is 0 Å². The molecule has 0 N–H and O–H groups in total. The highest BCUT2D eigenvalue weighted by molar-refractivity contribution is 5.75. The Labute approximate surface area is 107 Å². The maximum atomic E-state index is 2.12. The van der Waals surface area contributed by atoms with Crippen LogP contribution in [0.4, 0.5) is 0 Å². The molecule has 0 amide bonds. The first-order chi connectivity index (χ1) is 6.95. The minimum Gasteiger partial charge on any atom is -0.0622 e. The standard InChI is InChI=1S/C14H12.Mg/c1-3-7-13(8-4-1)11-12-14-9-5-2-6-10-14;/h1-12H;. The van der Waals surface area contributed by atoms with Crippen LogP contribution in [0.3, 0.4) is 0 Å². The fourth-order valence-electron chi connectivity index (χ4n) is 1.32. The van der Waals surface area contributed by atoms with Crippen LogP contribution in [0.15, 0.2) is 60.7 Å². The third-order valence-corrected chi connectivity index (χ3v) is 2.07. The summed E-state index contributed by atoms with van der Waals surface area (Å²) < 4.78 is 0. The lowest BCUT2D eigenvalue weighted by molar-refractivity contribution is 1.65. The number of hydrogen-bond acceptors (Lipinski definition) is 0. The minimum atomic E-state index is 0. The van der Waals surface area contributed by atoms with E-state index in [1.807, 2.05) is 36.4 Å². The molecule has 0 fully saturated rings. The molecule has 0 aromatic heterocycles. The molecule has 2 rings (SSSR count). The van der Waals surface area contributed by atoms with Gasteiger partial charge >= 0.3 is 0 Å². The van der Waals surface area contributed by atoms with Crippen LogP contribution in [0.2, 0.25) is 0 Å². The molecule has 0 bridgehead atoms.